The molecule has 0 unspecified atom stereocenters. The molecule has 3 aromatic rings. The van der Waals surface area contributed by atoms with Gasteiger partial charge in [-0.1, -0.05) is 43.7 Å². The van der Waals surface area contributed by atoms with Crippen LogP contribution in [-0.4, -0.2) is 4.98 Å². The fourth-order valence-corrected chi connectivity index (χ4v) is 3.84. The Morgan fingerprint density at radius 2 is 1.79 bits per heavy atom. The van der Waals surface area contributed by atoms with E-state index in [4.69, 9.17) is 0 Å². The van der Waals surface area contributed by atoms with Gasteiger partial charge in [-0.05, 0) is 76.9 Å². The lowest BCUT2D eigenvalue weighted by Gasteiger charge is -2.11. The number of rotatable bonds is 3. The third kappa shape index (κ3) is 2.45. The summed E-state index contributed by atoms with van der Waals surface area (Å²) in [7, 11) is 0. The Kier molecular flexibility index (Phi) is 3.72. The van der Waals surface area contributed by atoms with E-state index in [-0.39, 0.29) is 0 Å². The van der Waals surface area contributed by atoms with Crippen molar-refractivity contribution in [1.82, 2.24) is 4.98 Å². The predicted molar refractivity (Wildman–Crippen MR) is 101 cm³/mol. The average molecular weight is 313 g/mol. The van der Waals surface area contributed by atoms with Crippen LogP contribution in [0.1, 0.15) is 41.3 Å². The molecule has 0 amide bonds. The van der Waals surface area contributed by atoms with Gasteiger partial charge in [-0.15, -0.1) is 0 Å². The molecule has 0 saturated heterocycles. The molecule has 0 radical (unpaired) electrons. The maximum Gasteiger partial charge on any atom is 0.0414 e. The molecule has 1 heteroatoms. The Morgan fingerprint density at radius 3 is 2.62 bits per heavy atom. The molecule has 0 N–H and O–H groups in total. The molecule has 1 heterocycles. The van der Waals surface area contributed by atoms with Crippen molar-refractivity contribution < 1.29 is 0 Å². The van der Waals surface area contributed by atoms with Crippen molar-refractivity contribution in [3.63, 3.8) is 0 Å². The van der Waals surface area contributed by atoms with Gasteiger partial charge >= 0.3 is 0 Å². The zero-order valence-corrected chi connectivity index (χ0v) is 14.7. The number of aryl methyl sites for hydroxylation is 3. The van der Waals surface area contributed by atoms with Crippen molar-refractivity contribution in [1.29, 1.82) is 0 Å². The van der Waals surface area contributed by atoms with Gasteiger partial charge in [0.1, 0.15) is 0 Å². The van der Waals surface area contributed by atoms with E-state index < -0.39 is 0 Å². The van der Waals surface area contributed by atoms with Crippen molar-refractivity contribution >= 4 is 0 Å². The topological polar surface area (TPSA) is 12.9 Å². The van der Waals surface area contributed by atoms with Gasteiger partial charge in [-0.25, -0.2) is 0 Å². The first-order valence-corrected chi connectivity index (χ1v) is 8.85. The molecule has 120 valence electrons. The van der Waals surface area contributed by atoms with Crippen LogP contribution >= 0.6 is 0 Å². The fraction of sp³-hybridized carbons (Fsp3) is 0.261. The molecule has 1 nitrogen and oxygen atoms in total. The van der Waals surface area contributed by atoms with Gasteiger partial charge in [0, 0.05) is 18.3 Å². The largest absolute Gasteiger partial charge is 0.261 e. The van der Waals surface area contributed by atoms with Crippen molar-refractivity contribution in [2.45, 2.75) is 40.0 Å². The zero-order chi connectivity index (χ0) is 16.7. The van der Waals surface area contributed by atoms with Gasteiger partial charge in [0.25, 0.3) is 0 Å². The highest BCUT2D eigenvalue weighted by Crippen LogP contribution is 2.40. The summed E-state index contributed by atoms with van der Waals surface area (Å²) >= 11 is 0. The third-order valence-electron chi connectivity index (χ3n) is 5.19. The molecule has 0 atom stereocenters. The summed E-state index contributed by atoms with van der Waals surface area (Å²) < 4.78 is 0. The molecule has 1 aliphatic rings. The number of nitrogens with zero attached hydrogens (tertiary/aromatic N) is 1. The minimum absolute atomic E-state index is 1.01. The second kappa shape index (κ2) is 5.90. The standard InChI is InChI=1S/C23H23N/c1-4-5-17-7-6-15(2)21(12-17)18-8-9-19-13-22-16(3)24-11-10-20(22)23(19)14-18/h6-12,14H,4-5,13H2,1-3H3. The SMILES string of the molecule is CCCc1ccc(C)c(-c2ccc3c(c2)-c2ccnc(C)c2C3)c1. The van der Waals surface area contributed by atoms with E-state index in [0.29, 0.717) is 0 Å². The second-order valence-corrected chi connectivity index (χ2v) is 6.87. The highest BCUT2D eigenvalue weighted by atomic mass is 14.7. The number of aromatic nitrogens is 1. The Hall–Kier alpha value is -2.41. The van der Waals surface area contributed by atoms with E-state index in [1.165, 1.54) is 50.9 Å². The highest BCUT2D eigenvalue weighted by Gasteiger charge is 2.21. The summed E-state index contributed by atoms with van der Waals surface area (Å²) in [4.78, 5) is 4.46. The van der Waals surface area contributed by atoms with Crippen LogP contribution in [0.3, 0.4) is 0 Å². The van der Waals surface area contributed by atoms with E-state index in [1.807, 2.05) is 6.20 Å². The fourth-order valence-electron chi connectivity index (χ4n) is 3.84. The quantitative estimate of drug-likeness (QED) is 0.459. The molecule has 0 fully saturated rings. The molecule has 2 aromatic carbocycles. The van der Waals surface area contributed by atoms with Crippen LogP contribution in [0.5, 0.6) is 0 Å². The Morgan fingerprint density at radius 1 is 0.917 bits per heavy atom. The number of pyridine rings is 1. The lowest BCUT2D eigenvalue weighted by molar-refractivity contribution is 0.921. The number of hydrogen-bond acceptors (Lipinski definition) is 1. The van der Waals surface area contributed by atoms with Gasteiger partial charge in [0.2, 0.25) is 0 Å². The van der Waals surface area contributed by atoms with Crippen LogP contribution in [0.25, 0.3) is 22.3 Å². The molecule has 1 aromatic heterocycles. The van der Waals surface area contributed by atoms with E-state index in [2.05, 4.69) is 68.2 Å². The number of hydrogen-bond donors (Lipinski definition) is 0. The second-order valence-electron chi connectivity index (χ2n) is 6.87. The maximum absolute atomic E-state index is 4.46. The third-order valence-corrected chi connectivity index (χ3v) is 5.19. The smallest absolute Gasteiger partial charge is 0.0414 e. The number of fused-ring (bicyclic) bond motifs is 3. The van der Waals surface area contributed by atoms with Gasteiger partial charge in [0.05, 0.1) is 0 Å². The first-order chi connectivity index (χ1) is 11.7. The maximum atomic E-state index is 4.46. The minimum atomic E-state index is 1.01. The van der Waals surface area contributed by atoms with E-state index in [9.17, 15) is 0 Å². The normalized spacial score (nSPS) is 12.1. The van der Waals surface area contributed by atoms with Gasteiger partial charge < -0.3 is 0 Å². The van der Waals surface area contributed by atoms with Crippen LogP contribution < -0.4 is 0 Å². The Bertz CT molecular complexity index is 921. The summed E-state index contributed by atoms with van der Waals surface area (Å²) in [6, 6.07) is 16.0. The lowest BCUT2D eigenvalue weighted by Crippen LogP contribution is -1.90. The molecule has 0 spiro atoms. The molecule has 0 bridgehead atoms. The summed E-state index contributed by atoms with van der Waals surface area (Å²) in [5.41, 5.74) is 12.2. The summed E-state index contributed by atoms with van der Waals surface area (Å²) in [5.74, 6) is 0. The summed E-state index contributed by atoms with van der Waals surface area (Å²) in [6.45, 7) is 6.56. The first-order valence-electron chi connectivity index (χ1n) is 8.85. The van der Waals surface area contributed by atoms with E-state index in [1.54, 1.807) is 0 Å². The molecule has 24 heavy (non-hydrogen) atoms. The molecule has 4 rings (SSSR count). The van der Waals surface area contributed by atoms with Gasteiger partial charge in [0.15, 0.2) is 0 Å². The lowest BCUT2D eigenvalue weighted by atomic mass is 9.94. The van der Waals surface area contributed by atoms with E-state index in [0.717, 1.165) is 18.5 Å². The first kappa shape index (κ1) is 15.1. The highest BCUT2D eigenvalue weighted by molar-refractivity contribution is 5.82. The molecule has 1 aliphatic carbocycles. The molecule has 0 saturated carbocycles. The Labute approximate surface area is 144 Å². The van der Waals surface area contributed by atoms with Crippen LogP contribution in [0, 0.1) is 13.8 Å². The minimum Gasteiger partial charge on any atom is -0.261 e. The molecular weight excluding hydrogens is 290 g/mol. The van der Waals surface area contributed by atoms with Crippen molar-refractivity contribution in [3.8, 4) is 22.3 Å². The van der Waals surface area contributed by atoms with Crippen molar-refractivity contribution in [2.75, 3.05) is 0 Å². The Balaban J connectivity index is 1.83. The molecule has 0 aliphatic heterocycles. The van der Waals surface area contributed by atoms with Crippen LogP contribution in [0.2, 0.25) is 0 Å². The van der Waals surface area contributed by atoms with Crippen molar-refractivity contribution in [2.24, 2.45) is 0 Å². The zero-order valence-electron chi connectivity index (χ0n) is 14.7. The van der Waals surface area contributed by atoms with Gasteiger partial charge in [-0.2, -0.15) is 0 Å². The summed E-state index contributed by atoms with van der Waals surface area (Å²) in [6.07, 6.45) is 5.28. The van der Waals surface area contributed by atoms with Crippen molar-refractivity contribution in [3.05, 3.63) is 76.6 Å². The predicted octanol–water partition coefficient (Wildman–Crippen LogP) is 5.89. The number of benzene rings is 2. The van der Waals surface area contributed by atoms with Crippen LogP contribution in [0.15, 0.2) is 48.7 Å². The summed E-state index contributed by atoms with van der Waals surface area (Å²) in [5, 5.41) is 0. The van der Waals surface area contributed by atoms with E-state index >= 15 is 0 Å². The molecular formula is C23H23N. The average Bonchev–Trinajstić information content (AvgIpc) is 2.96. The van der Waals surface area contributed by atoms with Crippen LogP contribution in [0.4, 0.5) is 0 Å². The monoisotopic (exact) mass is 313 g/mol. The van der Waals surface area contributed by atoms with Gasteiger partial charge in [-0.3, -0.25) is 4.98 Å². The van der Waals surface area contributed by atoms with Crippen LogP contribution in [-0.2, 0) is 12.8 Å².